The molecule has 194 valence electrons. The van der Waals surface area contributed by atoms with Gasteiger partial charge in [0, 0.05) is 17.7 Å². The van der Waals surface area contributed by atoms with Gasteiger partial charge < -0.3 is 4.57 Å². The lowest BCUT2D eigenvalue weighted by Crippen LogP contribution is -2.32. The fraction of sp³-hybridized carbons (Fsp3) is 0.179. The minimum atomic E-state index is -3.95. The number of fused-ring (bicyclic) bond motifs is 1. The molecule has 5 aromatic rings. The van der Waals surface area contributed by atoms with Crippen LogP contribution in [-0.4, -0.2) is 28.2 Å². The van der Waals surface area contributed by atoms with E-state index in [-0.39, 0.29) is 4.90 Å². The molecule has 0 amide bonds. The molecular weight excluding hydrogens is 521 g/mol. The quantitative estimate of drug-likeness (QED) is 0.231. The van der Waals surface area contributed by atoms with Crippen LogP contribution in [0.5, 0.6) is 0 Å². The zero-order valence-electron chi connectivity index (χ0n) is 20.7. The summed E-state index contributed by atoms with van der Waals surface area (Å²) in [4.78, 5) is 4.72. The van der Waals surface area contributed by atoms with E-state index in [0.29, 0.717) is 29.7 Å². The van der Waals surface area contributed by atoms with Crippen molar-refractivity contribution in [2.75, 3.05) is 0 Å². The van der Waals surface area contributed by atoms with Crippen molar-refractivity contribution >= 4 is 32.7 Å². The Balaban J connectivity index is 1.43. The zero-order chi connectivity index (χ0) is 26.5. The number of rotatable bonds is 10. The van der Waals surface area contributed by atoms with Crippen molar-refractivity contribution < 1.29 is 12.8 Å². The number of hydrogen-bond donors (Lipinski definition) is 1. The highest BCUT2D eigenvalue weighted by atomic mass is 32.2. The van der Waals surface area contributed by atoms with Crippen LogP contribution in [0.2, 0.25) is 0 Å². The first-order chi connectivity index (χ1) is 18.4. The summed E-state index contributed by atoms with van der Waals surface area (Å²) in [5, 5.41) is 10.6. The van der Waals surface area contributed by atoms with E-state index in [4.69, 9.17) is 4.98 Å². The molecule has 0 saturated carbocycles. The Hall–Kier alpha value is -3.60. The number of sulfonamides is 1. The minimum absolute atomic E-state index is 0.0171. The van der Waals surface area contributed by atoms with E-state index in [1.54, 1.807) is 0 Å². The van der Waals surface area contributed by atoms with Crippen LogP contribution in [0.1, 0.15) is 30.0 Å². The third-order valence-corrected chi connectivity index (χ3v) is 8.57. The Labute approximate surface area is 225 Å². The molecule has 0 bridgehead atoms. The van der Waals surface area contributed by atoms with Gasteiger partial charge in [-0.25, -0.2) is 17.5 Å². The van der Waals surface area contributed by atoms with Crippen LogP contribution >= 0.6 is 11.8 Å². The van der Waals surface area contributed by atoms with E-state index in [9.17, 15) is 12.8 Å². The molecule has 0 aliphatic rings. The third-order valence-electron chi connectivity index (χ3n) is 6.08. The molecule has 0 radical (unpaired) electrons. The van der Waals surface area contributed by atoms with Crippen LogP contribution in [-0.2, 0) is 28.7 Å². The summed E-state index contributed by atoms with van der Waals surface area (Å²) < 4.78 is 44.6. The smallest absolute Gasteiger partial charge is 0.241 e. The summed E-state index contributed by atoms with van der Waals surface area (Å²) in [5.41, 5.74) is 2.79. The third kappa shape index (κ3) is 5.93. The van der Waals surface area contributed by atoms with Crippen molar-refractivity contribution in [3.05, 3.63) is 114 Å². The summed E-state index contributed by atoms with van der Waals surface area (Å²) in [6.07, 6.45) is 0.371. The Morgan fingerprint density at radius 2 is 1.66 bits per heavy atom. The van der Waals surface area contributed by atoms with Gasteiger partial charge in [0.05, 0.1) is 22.1 Å². The molecule has 10 heteroatoms. The second-order valence-electron chi connectivity index (χ2n) is 8.69. The molecule has 0 unspecified atom stereocenters. The van der Waals surface area contributed by atoms with Gasteiger partial charge in [0.1, 0.15) is 5.82 Å². The van der Waals surface area contributed by atoms with Gasteiger partial charge in [-0.3, -0.25) is 4.98 Å². The molecule has 0 aliphatic carbocycles. The highest BCUT2D eigenvalue weighted by molar-refractivity contribution is 7.98. The first-order valence-electron chi connectivity index (χ1n) is 12.2. The summed E-state index contributed by atoms with van der Waals surface area (Å²) in [5.74, 6) is 0.599. The molecule has 2 heterocycles. The van der Waals surface area contributed by atoms with Gasteiger partial charge in [-0.2, -0.15) is 0 Å². The van der Waals surface area contributed by atoms with Crippen molar-refractivity contribution in [2.45, 2.75) is 41.7 Å². The predicted molar refractivity (Wildman–Crippen MR) is 147 cm³/mol. The number of hydrogen-bond acceptors (Lipinski definition) is 6. The highest BCUT2D eigenvalue weighted by Crippen LogP contribution is 2.27. The number of pyridine rings is 1. The number of para-hydroxylation sites is 1. The van der Waals surface area contributed by atoms with Crippen LogP contribution in [0.25, 0.3) is 10.9 Å². The van der Waals surface area contributed by atoms with Crippen LogP contribution in [0.15, 0.2) is 101 Å². The van der Waals surface area contributed by atoms with Crippen molar-refractivity contribution in [3.63, 3.8) is 0 Å². The molecular formula is C28H26FN5O2S2. The van der Waals surface area contributed by atoms with E-state index in [0.717, 1.165) is 34.3 Å². The molecule has 3 aromatic carbocycles. The van der Waals surface area contributed by atoms with Gasteiger partial charge in [-0.1, -0.05) is 66.4 Å². The number of nitrogens with zero attached hydrogens (tertiary/aromatic N) is 4. The molecule has 0 saturated heterocycles. The molecule has 0 fully saturated rings. The fourth-order valence-corrected chi connectivity index (χ4v) is 6.30. The normalized spacial score (nSPS) is 12.6. The molecule has 38 heavy (non-hydrogen) atoms. The van der Waals surface area contributed by atoms with Crippen LogP contribution in [0, 0.1) is 5.82 Å². The monoisotopic (exact) mass is 547 g/mol. The van der Waals surface area contributed by atoms with Crippen LogP contribution in [0.3, 0.4) is 0 Å². The second-order valence-corrected chi connectivity index (χ2v) is 11.3. The average Bonchev–Trinajstić information content (AvgIpc) is 3.35. The standard InChI is InChI=1S/C28H26FN5O2S2/c1-2-34-27(31-32-28(34)37-19-23-15-12-21-10-6-7-11-25(21)30-23)26(18-20-8-4-3-5-9-20)33-38(35,36)24-16-13-22(29)14-17-24/h3-17,26,33H,2,18-19H2,1H3/t26-/m1/s1. The van der Waals surface area contributed by atoms with Crippen LogP contribution in [0.4, 0.5) is 4.39 Å². The van der Waals surface area contributed by atoms with Crippen molar-refractivity contribution in [2.24, 2.45) is 0 Å². The predicted octanol–water partition coefficient (Wildman–Crippen LogP) is 5.54. The number of aromatic nitrogens is 4. The summed E-state index contributed by atoms with van der Waals surface area (Å²) >= 11 is 1.50. The number of thioether (sulfide) groups is 1. The molecule has 2 aromatic heterocycles. The Bertz CT molecular complexity index is 1640. The topological polar surface area (TPSA) is 89.8 Å². The van der Waals surface area contributed by atoms with Crippen molar-refractivity contribution in [1.82, 2.24) is 24.5 Å². The Morgan fingerprint density at radius 1 is 0.921 bits per heavy atom. The fourth-order valence-electron chi connectivity index (χ4n) is 4.19. The first-order valence-corrected chi connectivity index (χ1v) is 14.6. The lowest BCUT2D eigenvalue weighted by atomic mass is 10.1. The summed E-state index contributed by atoms with van der Waals surface area (Å²) in [7, 11) is -3.95. The first kappa shape index (κ1) is 26.0. The van der Waals surface area contributed by atoms with Gasteiger partial charge in [0.25, 0.3) is 0 Å². The molecule has 1 atom stereocenters. The second kappa shape index (κ2) is 11.4. The van der Waals surface area contributed by atoms with E-state index in [1.807, 2.05) is 78.2 Å². The SMILES string of the molecule is CCn1c(SCc2ccc3ccccc3n2)nnc1[C@@H](Cc1ccccc1)NS(=O)(=O)c1ccc(F)cc1. The Kier molecular flexibility index (Phi) is 7.82. The summed E-state index contributed by atoms with van der Waals surface area (Å²) in [6.45, 7) is 2.53. The van der Waals surface area contributed by atoms with E-state index >= 15 is 0 Å². The van der Waals surface area contributed by atoms with E-state index in [1.165, 1.54) is 23.9 Å². The summed E-state index contributed by atoms with van der Waals surface area (Å²) in [6, 6.07) is 25.7. The zero-order valence-corrected chi connectivity index (χ0v) is 22.3. The van der Waals surface area contributed by atoms with Gasteiger partial charge in [-0.05, 0) is 55.3 Å². The van der Waals surface area contributed by atoms with Gasteiger partial charge in [0.2, 0.25) is 10.0 Å². The number of nitrogens with one attached hydrogen (secondary N) is 1. The lowest BCUT2D eigenvalue weighted by molar-refractivity contribution is 0.517. The van der Waals surface area contributed by atoms with Gasteiger partial charge >= 0.3 is 0 Å². The molecule has 0 aliphatic heterocycles. The maximum Gasteiger partial charge on any atom is 0.241 e. The van der Waals surface area contributed by atoms with Gasteiger partial charge in [-0.15, -0.1) is 10.2 Å². The van der Waals surface area contributed by atoms with E-state index in [2.05, 4.69) is 14.9 Å². The average molecular weight is 548 g/mol. The van der Waals surface area contributed by atoms with Gasteiger partial charge in [0.15, 0.2) is 11.0 Å². The van der Waals surface area contributed by atoms with Crippen molar-refractivity contribution in [3.8, 4) is 0 Å². The van der Waals surface area contributed by atoms with Crippen molar-refractivity contribution in [1.29, 1.82) is 0 Å². The molecule has 7 nitrogen and oxygen atoms in total. The number of benzene rings is 3. The maximum absolute atomic E-state index is 13.4. The minimum Gasteiger partial charge on any atom is -0.305 e. The molecule has 1 N–H and O–H groups in total. The lowest BCUT2D eigenvalue weighted by Gasteiger charge is -2.19. The number of halogens is 1. The van der Waals surface area contributed by atoms with Crippen LogP contribution < -0.4 is 4.72 Å². The van der Waals surface area contributed by atoms with E-state index < -0.39 is 21.9 Å². The Morgan fingerprint density at radius 3 is 2.42 bits per heavy atom. The molecule has 0 spiro atoms. The molecule has 5 rings (SSSR count). The maximum atomic E-state index is 13.4. The largest absolute Gasteiger partial charge is 0.305 e. The highest BCUT2D eigenvalue weighted by Gasteiger charge is 2.27.